The molecule has 9 heteroatoms. The van der Waals surface area contributed by atoms with Gasteiger partial charge in [-0.1, -0.05) is 24.6 Å². The number of sulfonamides is 1. The van der Waals surface area contributed by atoms with E-state index in [9.17, 15) is 8.42 Å². The molecule has 0 radical (unpaired) electrons. The van der Waals surface area contributed by atoms with Crippen LogP contribution < -0.4 is 15.4 Å². The molecule has 0 aromatic heterocycles. The SMILES string of the molecule is CCCN=C(NCC)NCCNS(=O)(=O)c1cccc(Cl)c1.I. The number of nitrogens with one attached hydrogen (secondary N) is 3. The molecule has 0 spiro atoms. The van der Waals surface area contributed by atoms with E-state index in [1.807, 2.05) is 13.8 Å². The molecular weight excluding hydrogens is 451 g/mol. The highest BCUT2D eigenvalue weighted by atomic mass is 127. The summed E-state index contributed by atoms with van der Waals surface area (Å²) in [6.07, 6.45) is 0.956. The average molecular weight is 475 g/mol. The highest BCUT2D eigenvalue weighted by Crippen LogP contribution is 2.14. The maximum absolute atomic E-state index is 12.1. The van der Waals surface area contributed by atoms with Crippen molar-refractivity contribution in [3.8, 4) is 0 Å². The van der Waals surface area contributed by atoms with E-state index < -0.39 is 10.0 Å². The van der Waals surface area contributed by atoms with E-state index in [0.29, 0.717) is 17.5 Å². The summed E-state index contributed by atoms with van der Waals surface area (Å²) < 4.78 is 26.7. The Morgan fingerprint density at radius 3 is 2.57 bits per heavy atom. The molecule has 1 aromatic carbocycles. The lowest BCUT2D eigenvalue weighted by Gasteiger charge is -2.12. The molecule has 0 amide bonds. The summed E-state index contributed by atoms with van der Waals surface area (Å²) in [5, 5.41) is 6.57. The van der Waals surface area contributed by atoms with E-state index in [1.54, 1.807) is 12.1 Å². The second-order valence-electron chi connectivity index (χ2n) is 4.54. The Morgan fingerprint density at radius 1 is 1.22 bits per heavy atom. The van der Waals surface area contributed by atoms with E-state index in [0.717, 1.165) is 19.5 Å². The molecule has 0 aliphatic heterocycles. The minimum Gasteiger partial charge on any atom is -0.357 e. The van der Waals surface area contributed by atoms with Crippen molar-refractivity contribution in [2.45, 2.75) is 25.2 Å². The van der Waals surface area contributed by atoms with Gasteiger partial charge in [0, 0.05) is 31.2 Å². The van der Waals surface area contributed by atoms with Gasteiger partial charge in [0.2, 0.25) is 10.0 Å². The molecule has 0 fully saturated rings. The Bertz CT molecular complexity index is 596. The third-order valence-corrected chi connectivity index (χ3v) is 4.35. The van der Waals surface area contributed by atoms with E-state index in [2.05, 4.69) is 20.3 Å². The van der Waals surface area contributed by atoms with Gasteiger partial charge in [-0.2, -0.15) is 0 Å². The number of halogens is 2. The van der Waals surface area contributed by atoms with Gasteiger partial charge in [-0.05, 0) is 31.5 Å². The molecule has 132 valence electrons. The second kappa shape index (κ2) is 11.9. The maximum atomic E-state index is 12.1. The van der Waals surface area contributed by atoms with Crippen molar-refractivity contribution in [1.29, 1.82) is 0 Å². The molecule has 3 N–H and O–H groups in total. The summed E-state index contributed by atoms with van der Waals surface area (Å²) in [6.45, 7) is 6.20. The van der Waals surface area contributed by atoms with Gasteiger partial charge >= 0.3 is 0 Å². The first-order valence-electron chi connectivity index (χ1n) is 7.27. The lowest BCUT2D eigenvalue weighted by atomic mass is 10.4. The quantitative estimate of drug-likeness (QED) is 0.233. The Morgan fingerprint density at radius 2 is 1.96 bits per heavy atom. The Balaban J connectivity index is 0.00000484. The minimum atomic E-state index is -3.54. The molecule has 0 saturated heterocycles. The van der Waals surface area contributed by atoms with Crippen molar-refractivity contribution in [2.24, 2.45) is 4.99 Å². The minimum absolute atomic E-state index is 0. The third kappa shape index (κ3) is 8.73. The van der Waals surface area contributed by atoms with Crippen molar-refractivity contribution in [2.75, 3.05) is 26.2 Å². The zero-order valence-electron chi connectivity index (χ0n) is 13.3. The van der Waals surface area contributed by atoms with Crippen LogP contribution in [0, 0.1) is 0 Å². The highest BCUT2D eigenvalue weighted by molar-refractivity contribution is 14.0. The van der Waals surface area contributed by atoms with Crippen LogP contribution in [0.15, 0.2) is 34.2 Å². The predicted molar refractivity (Wildman–Crippen MR) is 106 cm³/mol. The molecule has 0 atom stereocenters. The van der Waals surface area contributed by atoms with Gasteiger partial charge < -0.3 is 10.6 Å². The Hall–Kier alpha value is -0.580. The summed E-state index contributed by atoms with van der Waals surface area (Å²) in [6, 6.07) is 6.17. The molecule has 0 saturated carbocycles. The summed E-state index contributed by atoms with van der Waals surface area (Å²) in [4.78, 5) is 4.49. The van der Waals surface area contributed by atoms with Crippen LogP contribution in [0.1, 0.15) is 20.3 Å². The number of hydrogen-bond donors (Lipinski definition) is 3. The van der Waals surface area contributed by atoms with Crippen LogP contribution in [-0.4, -0.2) is 40.6 Å². The van der Waals surface area contributed by atoms with E-state index in [1.165, 1.54) is 12.1 Å². The monoisotopic (exact) mass is 474 g/mol. The summed E-state index contributed by atoms with van der Waals surface area (Å²) in [7, 11) is -3.54. The van der Waals surface area contributed by atoms with Crippen LogP contribution in [0.2, 0.25) is 5.02 Å². The molecule has 1 rings (SSSR count). The number of hydrogen-bond acceptors (Lipinski definition) is 3. The summed E-state index contributed by atoms with van der Waals surface area (Å²) in [5.41, 5.74) is 0. The first-order valence-corrected chi connectivity index (χ1v) is 9.13. The molecule has 0 aliphatic carbocycles. The van der Waals surface area contributed by atoms with Crippen LogP contribution in [0.5, 0.6) is 0 Å². The predicted octanol–water partition coefficient (Wildman–Crippen LogP) is 2.20. The van der Waals surface area contributed by atoms with Gasteiger partial charge in [0.25, 0.3) is 0 Å². The third-order valence-electron chi connectivity index (χ3n) is 2.65. The van der Waals surface area contributed by atoms with Crippen LogP contribution in [0.4, 0.5) is 0 Å². The van der Waals surface area contributed by atoms with Crippen LogP contribution >= 0.6 is 35.6 Å². The fourth-order valence-corrected chi connectivity index (χ4v) is 2.98. The molecule has 6 nitrogen and oxygen atoms in total. The molecule has 1 aromatic rings. The number of guanidine groups is 1. The van der Waals surface area contributed by atoms with Crippen molar-refractivity contribution in [3.05, 3.63) is 29.3 Å². The zero-order valence-corrected chi connectivity index (χ0v) is 17.2. The first-order chi connectivity index (χ1) is 10.5. The van der Waals surface area contributed by atoms with Crippen LogP contribution in [0.25, 0.3) is 0 Å². The van der Waals surface area contributed by atoms with Gasteiger partial charge in [-0.25, -0.2) is 13.1 Å². The van der Waals surface area contributed by atoms with Gasteiger partial charge in [-0.3, -0.25) is 4.99 Å². The van der Waals surface area contributed by atoms with Crippen molar-refractivity contribution < 1.29 is 8.42 Å². The first kappa shape index (κ1) is 22.4. The second-order valence-corrected chi connectivity index (χ2v) is 6.75. The van der Waals surface area contributed by atoms with E-state index in [4.69, 9.17) is 11.6 Å². The summed E-state index contributed by atoms with van der Waals surface area (Å²) >= 11 is 5.81. The number of rotatable bonds is 8. The Labute approximate surface area is 160 Å². The molecule has 0 aliphatic rings. The topological polar surface area (TPSA) is 82.6 Å². The normalized spacial score (nSPS) is 11.7. The molecule has 0 unspecified atom stereocenters. The van der Waals surface area contributed by atoms with Gasteiger partial charge in [0.05, 0.1) is 4.90 Å². The van der Waals surface area contributed by atoms with Crippen molar-refractivity contribution in [3.63, 3.8) is 0 Å². The van der Waals surface area contributed by atoms with Crippen LogP contribution in [0.3, 0.4) is 0 Å². The van der Waals surface area contributed by atoms with E-state index in [-0.39, 0.29) is 35.4 Å². The molecule has 0 bridgehead atoms. The highest BCUT2D eigenvalue weighted by Gasteiger charge is 2.13. The van der Waals surface area contributed by atoms with Gasteiger partial charge in [0.1, 0.15) is 0 Å². The van der Waals surface area contributed by atoms with Gasteiger partial charge in [0.15, 0.2) is 5.96 Å². The summed E-state index contributed by atoms with van der Waals surface area (Å²) in [5.74, 6) is 0.686. The van der Waals surface area contributed by atoms with Crippen molar-refractivity contribution in [1.82, 2.24) is 15.4 Å². The Kier molecular flexibility index (Phi) is 11.6. The van der Waals surface area contributed by atoms with Crippen molar-refractivity contribution >= 4 is 51.6 Å². The smallest absolute Gasteiger partial charge is 0.240 e. The average Bonchev–Trinajstić information content (AvgIpc) is 2.49. The molecular formula is C14H24ClIN4O2S. The number of aliphatic imine (C=N–C) groups is 1. The zero-order chi connectivity index (χ0) is 16.4. The number of nitrogens with zero attached hydrogens (tertiary/aromatic N) is 1. The fourth-order valence-electron chi connectivity index (χ4n) is 1.65. The molecule has 23 heavy (non-hydrogen) atoms. The maximum Gasteiger partial charge on any atom is 0.240 e. The largest absolute Gasteiger partial charge is 0.357 e. The number of benzene rings is 1. The van der Waals surface area contributed by atoms with E-state index >= 15 is 0 Å². The van der Waals surface area contributed by atoms with Gasteiger partial charge in [-0.15, -0.1) is 24.0 Å². The fraction of sp³-hybridized carbons (Fsp3) is 0.500. The lowest BCUT2D eigenvalue weighted by Crippen LogP contribution is -2.41. The molecule has 0 heterocycles. The standard InChI is InChI=1S/C14H23ClN4O2S.HI/c1-3-8-17-14(16-4-2)18-9-10-19-22(20,21)13-7-5-6-12(15)11-13;/h5-7,11,19H,3-4,8-10H2,1-2H3,(H2,16,17,18);1H. The lowest BCUT2D eigenvalue weighted by molar-refractivity contribution is 0.580. The van der Waals surface area contributed by atoms with Crippen LogP contribution in [-0.2, 0) is 10.0 Å².